The number of hydrogen-bond acceptors (Lipinski definition) is 1. The van der Waals surface area contributed by atoms with Crippen molar-refractivity contribution in [1.29, 1.82) is 0 Å². The number of aldehydes is 1. The zero-order valence-electron chi connectivity index (χ0n) is 9.15. The molecule has 2 heteroatoms. The minimum atomic E-state index is 0.425. The fourth-order valence-corrected chi connectivity index (χ4v) is 2.58. The molecule has 1 aromatic carbocycles. The van der Waals surface area contributed by atoms with Crippen LogP contribution in [0.25, 0.3) is 10.9 Å². The first-order valence-electron chi connectivity index (χ1n) is 5.90. The van der Waals surface area contributed by atoms with E-state index in [-0.39, 0.29) is 0 Å². The number of H-pyrrole nitrogens is 1. The number of fused-ring (bicyclic) bond motifs is 1. The van der Waals surface area contributed by atoms with Gasteiger partial charge in [0.05, 0.1) is 0 Å². The van der Waals surface area contributed by atoms with Crippen LogP contribution < -0.4 is 0 Å². The first kappa shape index (κ1) is 9.64. The van der Waals surface area contributed by atoms with Crippen LogP contribution in [-0.4, -0.2) is 11.3 Å². The summed E-state index contributed by atoms with van der Waals surface area (Å²) in [6.45, 7) is 0. The average molecular weight is 213 g/mol. The second kappa shape index (κ2) is 3.78. The van der Waals surface area contributed by atoms with Crippen molar-refractivity contribution in [3.8, 4) is 0 Å². The quantitative estimate of drug-likeness (QED) is 0.777. The maximum Gasteiger partial charge on any atom is 0.120 e. The Kier molecular flexibility index (Phi) is 2.28. The number of aromatic amines is 1. The normalized spacial score (nSPS) is 17.5. The van der Waals surface area contributed by atoms with Crippen molar-refractivity contribution in [3.63, 3.8) is 0 Å². The van der Waals surface area contributed by atoms with Gasteiger partial charge in [0, 0.05) is 23.5 Å². The van der Waals surface area contributed by atoms with Crippen LogP contribution >= 0.6 is 0 Å². The smallest absolute Gasteiger partial charge is 0.120 e. The van der Waals surface area contributed by atoms with Gasteiger partial charge >= 0.3 is 0 Å². The molecule has 16 heavy (non-hydrogen) atoms. The van der Waals surface area contributed by atoms with Gasteiger partial charge in [0.2, 0.25) is 0 Å². The predicted octanol–water partition coefficient (Wildman–Crippen LogP) is 3.25. The summed E-state index contributed by atoms with van der Waals surface area (Å²) in [6, 6.07) is 8.32. The van der Waals surface area contributed by atoms with Gasteiger partial charge < -0.3 is 9.78 Å². The lowest BCUT2D eigenvalue weighted by Gasteiger charge is -2.11. The topological polar surface area (TPSA) is 32.9 Å². The van der Waals surface area contributed by atoms with E-state index < -0.39 is 0 Å². The molecule has 1 unspecified atom stereocenters. The van der Waals surface area contributed by atoms with Gasteiger partial charge in [0.1, 0.15) is 6.29 Å². The Morgan fingerprint density at radius 2 is 2.19 bits per heavy atom. The molecule has 0 bridgehead atoms. The number of carbonyl (C=O) groups is 1. The molecule has 1 N–H and O–H groups in total. The van der Waals surface area contributed by atoms with E-state index in [1.54, 1.807) is 0 Å². The highest BCUT2D eigenvalue weighted by molar-refractivity contribution is 5.84. The summed E-state index contributed by atoms with van der Waals surface area (Å²) in [5.41, 5.74) is 2.50. The highest BCUT2D eigenvalue weighted by atomic mass is 16.1. The van der Waals surface area contributed by atoms with Gasteiger partial charge in [0.15, 0.2) is 0 Å². The van der Waals surface area contributed by atoms with Gasteiger partial charge in [-0.15, -0.1) is 0 Å². The van der Waals surface area contributed by atoms with Crippen LogP contribution in [0.1, 0.15) is 30.7 Å². The molecule has 1 heterocycles. The van der Waals surface area contributed by atoms with Crippen molar-refractivity contribution in [2.45, 2.75) is 25.2 Å². The Labute approximate surface area is 94.7 Å². The Morgan fingerprint density at radius 1 is 1.38 bits per heavy atom. The second-order valence-corrected chi connectivity index (χ2v) is 4.64. The molecule has 0 amide bonds. The minimum absolute atomic E-state index is 0.425. The highest BCUT2D eigenvalue weighted by Crippen LogP contribution is 2.45. The SMILES string of the molecule is O=CCC(c1c[nH]c2ccccc12)C1CC1. The number of carbonyl (C=O) groups excluding carboxylic acids is 1. The summed E-state index contributed by atoms with van der Waals surface area (Å²) in [4.78, 5) is 14.1. The van der Waals surface area contributed by atoms with Crippen LogP contribution in [0, 0.1) is 5.92 Å². The Bertz CT molecular complexity index is 510. The lowest BCUT2D eigenvalue weighted by Crippen LogP contribution is -2.01. The summed E-state index contributed by atoms with van der Waals surface area (Å²) < 4.78 is 0. The first-order valence-corrected chi connectivity index (χ1v) is 5.90. The molecule has 1 aromatic heterocycles. The third-order valence-corrected chi connectivity index (χ3v) is 3.56. The molecule has 3 rings (SSSR count). The molecular weight excluding hydrogens is 198 g/mol. The highest BCUT2D eigenvalue weighted by Gasteiger charge is 2.33. The monoisotopic (exact) mass is 213 g/mol. The summed E-state index contributed by atoms with van der Waals surface area (Å²) in [5, 5.41) is 1.28. The third-order valence-electron chi connectivity index (χ3n) is 3.56. The van der Waals surface area contributed by atoms with Gasteiger partial charge in [-0.1, -0.05) is 18.2 Å². The van der Waals surface area contributed by atoms with Gasteiger partial charge in [0.25, 0.3) is 0 Å². The van der Waals surface area contributed by atoms with Crippen LogP contribution in [0.3, 0.4) is 0 Å². The van der Waals surface area contributed by atoms with E-state index in [1.807, 2.05) is 6.07 Å². The second-order valence-electron chi connectivity index (χ2n) is 4.64. The van der Waals surface area contributed by atoms with E-state index in [0.717, 1.165) is 12.2 Å². The van der Waals surface area contributed by atoms with E-state index in [0.29, 0.717) is 12.3 Å². The zero-order chi connectivity index (χ0) is 11.0. The molecule has 1 fully saturated rings. The Morgan fingerprint density at radius 3 is 2.94 bits per heavy atom. The fraction of sp³-hybridized carbons (Fsp3) is 0.357. The van der Waals surface area contributed by atoms with Crippen molar-refractivity contribution >= 4 is 17.2 Å². The van der Waals surface area contributed by atoms with Crippen molar-refractivity contribution < 1.29 is 4.79 Å². The molecule has 2 aromatic rings. The van der Waals surface area contributed by atoms with Crippen LogP contribution in [0.15, 0.2) is 30.5 Å². The van der Waals surface area contributed by atoms with Gasteiger partial charge in [-0.05, 0) is 36.3 Å². The Balaban J connectivity index is 2.05. The van der Waals surface area contributed by atoms with E-state index >= 15 is 0 Å². The number of para-hydroxylation sites is 1. The summed E-state index contributed by atoms with van der Waals surface area (Å²) in [5.74, 6) is 1.15. The molecule has 1 aliphatic rings. The van der Waals surface area contributed by atoms with Crippen LogP contribution in [0.5, 0.6) is 0 Å². The molecule has 0 radical (unpaired) electrons. The average Bonchev–Trinajstić information content (AvgIpc) is 3.06. The van der Waals surface area contributed by atoms with Crippen LogP contribution in [0.4, 0.5) is 0 Å². The minimum Gasteiger partial charge on any atom is -0.361 e. The van der Waals surface area contributed by atoms with E-state index in [4.69, 9.17) is 0 Å². The number of aromatic nitrogens is 1. The fourth-order valence-electron chi connectivity index (χ4n) is 2.58. The van der Waals surface area contributed by atoms with E-state index in [2.05, 4.69) is 29.4 Å². The van der Waals surface area contributed by atoms with E-state index in [1.165, 1.54) is 29.3 Å². The maximum absolute atomic E-state index is 10.8. The maximum atomic E-state index is 10.8. The van der Waals surface area contributed by atoms with Gasteiger partial charge in [-0.25, -0.2) is 0 Å². The molecule has 1 atom stereocenters. The number of nitrogens with one attached hydrogen (secondary N) is 1. The van der Waals surface area contributed by atoms with Crippen LogP contribution in [-0.2, 0) is 4.79 Å². The first-order chi connectivity index (χ1) is 7.90. The number of hydrogen-bond donors (Lipinski definition) is 1. The standard InChI is InChI=1S/C14H15NO/c16-8-7-11(10-5-6-10)13-9-15-14-4-2-1-3-12(13)14/h1-4,8-11,15H,5-7H2. The van der Waals surface area contributed by atoms with Gasteiger partial charge in [-0.3, -0.25) is 0 Å². The zero-order valence-corrected chi connectivity index (χ0v) is 9.15. The van der Waals surface area contributed by atoms with Crippen molar-refractivity contribution in [3.05, 3.63) is 36.0 Å². The molecule has 0 spiro atoms. The Hall–Kier alpha value is -1.57. The van der Waals surface area contributed by atoms with Gasteiger partial charge in [-0.2, -0.15) is 0 Å². The molecular formula is C14H15NO. The molecule has 0 aliphatic heterocycles. The molecule has 82 valence electrons. The number of benzene rings is 1. The predicted molar refractivity (Wildman–Crippen MR) is 64.4 cm³/mol. The largest absolute Gasteiger partial charge is 0.361 e. The van der Waals surface area contributed by atoms with E-state index in [9.17, 15) is 4.79 Å². The van der Waals surface area contributed by atoms with Crippen molar-refractivity contribution in [2.24, 2.45) is 5.92 Å². The van der Waals surface area contributed by atoms with Crippen molar-refractivity contribution in [2.75, 3.05) is 0 Å². The summed E-state index contributed by atoms with van der Waals surface area (Å²) in [6.07, 6.45) is 6.35. The lowest BCUT2D eigenvalue weighted by atomic mass is 9.91. The van der Waals surface area contributed by atoms with Crippen LogP contribution in [0.2, 0.25) is 0 Å². The molecule has 2 nitrogen and oxygen atoms in total. The third kappa shape index (κ3) is 1.54. The number of rotatable bonds is 4. The molecule has 1 aliphatic carbocycles. The molecule has 0 saturated heterocycles. The summed E-state index contributed by atoms with van der Waals surface area (Å²) in [7, 11) is 0. The lowest BCUT2D eigenvalue weighted by molar-refractivity contribution is -0.108. The van der Waals surface area contributed by atoms with Crippen molar-refractivity contribution in [1.82, 2.24) is 4.98 Å². The summed E-state index contributed by atoms with van der Waals surface area (Å²) >= 11 is 0. The molecule has 1 saturated carbocycles.